The number of carboxylic acids is 3. The molecule has 10 heteroatoms. The van der Waals surface area contributed by atoms with E-state index in [4.69, 9.17) is 15.3 Å². The topological polar surface area (TPSA) is 146 Å². The fourth-order valence-corrected chi connectivity index (χ4v) is 3.06. The Morgan fingerprint density at radius 3 is 1.83 bits per heavy atom. The number of hydrogen-bond donors (Lipinski definition) is 3. The van der Waals surface area contributed by atoms with Crippen LogP contribution < -0.4 is 0 Å². The van der Waals surface area contributed by atoms with Gasteiger partial charge in [0.2, 0.25) is 0 Å². The summed E-state index contributed by atoms with van der Waals surface area (Å²) in [7, 11) is -3.07. The first-order valence-electron chi connectivity index (χ1n) is 4.54. The molecule has 0 aliphatic carbocycles. The van der Waals surface area contributed by atoms with E-state index >= 15 is 0 Å². The molecule has 0 aliphatic rings. The van der Waals surface area contributed by atoms with Gasteiger partial charge in [-0.15, -0.1) is 0 Å². The van der Waals surface area contributed by atoms with Crippen molar-refractivity contribution < 1.29 is 38.1 Å². The number of aliphatic carboxylic acids is 3. The second-order valence-corrected chi connectivity index (χ2v) is 8.11. The molecule has 0 amide bonds. The van der Waals surface area contributed by atoms with Crippen LogP contribution >= 0.6 is 10.8 Å². The molecule has 0 radical (unpaired) electrons. The number of carbonyl (C=O) groups is 3. The summed E-state index contributed by atoms with van der Waals surface area (Å²) in [5.41, 5.74) is -2.51. The van der Waals surface area contributed by atoms with Crippen molar-refractivity contribution in [3.63, 3.8) is 0 Å². The second kappa shape index (κ2) is 6.05. The van der Waals surface area contributed by atoms with Crippen molar-refractivity contribution >= 4 is 37.6 Å². The van der Waals surface area contributed by atoms with Gasteiger partial charge in [-0.2, -0.15) is 0 Å². The molecule has 0 rings (SSSR count). The molecular weight excluding hydrogens is 288 g/mol. The van der Waals surface area contributed by atoms with Crippen LogP contribution in [0.5, 0.6) is 0 Å². The molecule has 0 saturated carbocycles. The predicted octanol–water partition coefficient (Wildman–Crippen LogP) is -0.300. The minimum absolute atomic E-state index is 0.315. The Balaban J connectivity index is 5.03. The van der Waals surface area contributed by atoms with Crippen molar-refractivity contribution in [2.45, 2.75) is 12.8 Å². The zero-order valence-corrected chi connectivity index (χ0v) is 11.0. The molecule has 0 aliphatic heterocycles. The maximum atomic E-state index is 11.0. The molecule has 0 unspecified atom stereocenters. The van der Waals surface area contributed by atoms with Crippen LogP contribution in [-0.2, 0) is 23.3 Å². The summed E-state index contributed by atoms with van der Waals surface area (Å²) in [5, 5.41) is 26.3. The fourth-order valence-electron chi connectivity index (χ4n) is 1.17. The summed E-state index contributed by atoms with van der Waals surface area (Å²) in [4.78, 5) is 32.4. The van der Waals surface area contributed by atoms with Gasteiger partial charge in [-0.25, -0.2) is 8.42 Å². The van der Waals surface area contributed by atoms with Gasteiger partial charge in [-0.05, 0) is 17.2 Å². The molecule has 0 bridgehead atoms. The van der Waals surface area contributed by atoms with Crippen LogP contribution in [0.4, 0.5) is 0 Å². The highest BCUT2D eigenvalue weighted by Crippen LogP contribution is 2.30. The summed E-state index contributed by atoms with van der Waals surface area (Å²) >= 11 is 0. The van der Waals surface area contributed by atoms with Gasteiger partial charge in [0, 0.05) is 12.0 Å². The maximum Gasteiger partial charge on any atom is 0.321 e. The van der Waals surface area contributed by atoms with Crippen molar-refractivity contribution in [1.82, 2.24) is 0 Å². The van der Waals surface area contributed by atoms with E-state index in [0.717, 1.165) is 6.26 Å². The standard InChI is InChI=1S/C8H12O8S2/c1-18(15,16)17-3-2-8(6(11)12,7(13)14)4-5(9)10/h2-4H2,1H3,(H,9,10)(H,11,12)(H,13,14). The van der Waals surface area contributed by atoms with E-state index < -0.39 is 45.0 Å². The third-order valence-corrected chi connectivity index (χ3v) is 4.68. The molecule has 0 fully saturated rings. The Kier molecular flexibility index (Phi) is 5.61. The molecule has 0 aromatic heterocycles. The predicted molar refractivity (Wildman–Crippen MR) is 61.9 cm³/mol. The third-order valence-electron chi connectivity index (χ3n) is 2.10. The van der Waals surface area contributed by atoms with Crippen LogP contribution in [0.15, 0.2) is 0 Å². The molecule has 0 aromatic carbocycles. The van der Waals surface area contributed by atoms with Gasteiger partial charge in [-0.1, -0.05) is 0 Å². The van der Waals surface area contributed by atoms with Crippen molar-refractivity contribution in [3.8, 4) is 0 Å². The summed E-state index contributed by atoms with van der Waals surface area (Å²) in [5.74, 6) is -5.49. The highest BCUT2D eigenvalue weighted by molar-refractivity contribution is 8.71. The quantitative estimate of drug-likeness (QED) is 0.406. The average molecular weight is 300 g/mol. The average Bonchev–Trinajstić information content (AvgIpc) is 2.12. The number of rotatable bonds is 8. The molecular formula is C8H12O8S2. The second-order valence-electron chi connectivity index (χ2n) is 3.54. The smallest absolute Gasteiger partial charge is 0.321 e. The van der Waals surface area contributed by atoms with Gasteiger partial charge in [0.15, 0.2) is 14.3 Å². The Morgan fingerprint density at radius 2 is 1.56 bits per heavy atom. The fraction of sp³-hybridized carbons (Fsp3) is 0.625. The lowest BCUT2D eigenvalue weighted by Gasteiger charge is -2.22. The first-order chi connectivity index (χ1) is 8.01. The van der Waals surface area contributed by atoms with Gasteiger partial charge in [-0.3, -0.25) is 14.4 Å². The normalized spacial score (nSPS) is 12.1. The van der Waals surface area contributed by atoms with Crippen LogP contribution in [0.1, 0.15) is 12.8 Å². The number of carboxylic acid groups (broad SMARTS) is 3. The van der Waals surface area contributed by atoms with Crippen molar-refractivity contribution in [1.29, 1.82) is 0 Å². The summed E-state index contributed by atoms with van der Waals surface area (Å²) < 4.78 is 21.7. The molecule has 3 N–H and O–H groups in total. The van der Waals surface area contributed by atoms with Crippen molar-refractivity contribution in [2.75, 3.05) is 12.0 Å². The molecule has 0 saturated heterocycles. The first-order valence-corrected chi connectivity index (χ1v) is 7.93. The minimum Gasteiger partial charge on any atom is -0.481 e. The Bertz CT molecular complexity index is 438. The Labute approximate surface area is 106 Å². The number of hydrogen-bond acceptors (Lipinski definition) is 6. The first kappa shape index (κ1) is 16.7. The summed E-state index contributed by atoms with van der Waals surface area (Å²) in [6.07, 6.45) is -0.818. The van der Waals surface area contributed by atoms with Crippen LogP contribution in [0.3, 0.4) is 0 Å². The Hall–Kier alpha value is -1.29. The summed E-state index contributed by atoms with van der Waals surface area (Å²) in [6, 6.07) is 0. The third kappa shape index (κ3) is 4.92. The van der Waals surface area contributed by atoms with Gasteiger partial charge in [0.25, 0.3) is 0 Å². The molecule has 0 spiro atoms. The van der Waals surface area contributed by atoms with Crippen molar-refractivity contribution in [2.24, 2.45) is 5.41 Å². The SMILES string of the molecule is CS(=O)(=O)SCCC(CC(=O)O)(C(=O)O)C(=O)O. The molecule has 104 valence electrons. The molecule has 0 heterocycles. The molecule has 18 heavy (non-hydrogen) atoms. The highest BCUT2D eigenvalue weighted by atomic mass is 33.1. The van der Waals surface area contributed by atoms with E-state index in [2.05, 4.69) is 0 Å². The van der Waals surface area contributed by atoms with Crippen LogP contribution in [-0.4, -0.2) is 53.7 Å². The van der Waals surface area contributed by atoms with E-state index in [9.17, 15) is 22.8 Å². The Morgan fingerprint density at radius 1 is 1.11 bits per heavy atom. The van der Waals surface area contributed by atoms with Gasteiger partial charge < -0.3 is 15.3 Å². The van der Waals surface area contributed by atoms with Crippen LogP contribution in [0.2, 0.25) is 0 Å². The van der Waals surface area contributed by atoms with Crippen LogP contribution in [0, 0.1) is 5.41 Å². The highest BCUT2D eigenvalue weighted by Gasteiger charge is 2.48. The maximum absolute atomic E-state index is 11.0. The van der Waals surface area contributed by atoms with E-state index in [-0.39, 0.29) is 5.75 Å². The van der Waals surface area contributed by atoms with E-state index in [1.807, 2.05) is 0 Å². The largest absolute Gasteiger partial charge is 0.481 e. The lowest BCUT2D eigenvalue weighted by molar-refractivity contribution is -0.169. The summed E-state index contributed by atoms with van der Waals surface area (Å²) in [6.45, 7) is 0. The molecule has 0 atom stereocenters. The molecule has 8 nitrogen and oxygen atoms in total. The molecule has 0 aromatic rings. The van der Waals surface area contributed by atoms with Crippen LogP contribution in [0.25, 0.3) is 0 Å². The lowest BCUT2D eigenvalue weighted by atomic mass is 9.82. The zero-order chi connectivity index (χ0) is 14.6. The lowest BCUT2D eigenvalue weighted by Crippen LogP contribution is -2.41. The van der Waals surface area contributed by atoms with E-state index in [1.54, 1.807) is 0 Å². The van der Waals surface area contributed by atoms with Gasteiger partial charge >= 0.3 is 17.9 Å². The van der Waals surface area contributed by atoms with E-state index in [0.29, 0.717) is 10.8 Å². The van der Waals surface area contributed by atoms with Gasteiger partial charge in [0.1, 0.15) is 0 Å². The monoisotopic (exact) mass is 300 g/mol. The van der Waals surface area contributed by atoms with Crippen molar-refractivity contribution in [3.05, 3.63) is 0 Å². The van der Waals surface area contributed by atoms with E-state index in [1.165, 1.54) is 0 Å². The minimum atomic E-state index is -3.44. The zero-order valence-electron chi connectivity index (χ0n) is 9.32. The van der Waals surface area contributed by atoms with Gasteiger partial charge in [0.05, 0.1) is 6.42 Å².